The van der Waals surface area contributed by atoms with Crippen LogP contribution in [-0.4, -0.2) is 18.5 Å². The zero-order valence-electron chi connectivity index (χ0n) is 9.18. The first-order chi connectivity index (χ1) is 7.59. The smallest absolute Gasteiger partial charge is 0.306 e. The number of carbonyl (C=O) groups is 2. The van der Waals surface area contributed by atoms with Crippen molar-refractivity contribution in [2.75, 3.05) is 6.61 Å². The van der Waals surface area contributed by atoms with Gasteiger partial charge in [-0.3, -0.25) is 9.59 Å². The predicted molar refractivity (Wildman–Crippen MR) is 59.6 cm³/mol. The van der Waals surface area contributed by atoms with Crippen LogP contribution in [0.4, 0.5) is 0 Å². The number of rotatable bonds is 5. The lowest BCUT2D eigenvalue weighted by Gasteiger charge is -2.10. The summed E-state index contributed by atoms with van der Waals surface area (Å²) < 4.78 is 4.68. The Bertz CT molecular complexity index is 362. The molecule has 0 aliphatic heterocycles. The van der Waals surface area contributed by atoms with Crippen molar-refractivity contribution in [1.29, 1.82) is 0 Å². The van der Waals surface area contributed by atoms with E-state index in [1.54, 1.807) is 0 Å². The highest BCUT2D eigenvalue weighted by Gasteiger charge is 2.12. The second kappa shape index (κ2) is 5.90. The topological polar surface area (TPSA) is 69.4 Å². The molecule has 1 aromatic carbocycles. The first-order valence-corrected chi connectivity index (χ1v) is 5.08. The van der Waals surface area contributed by atoms with E-state index in [-0.39, 0.29) is 18.9 Å². The van der Waals surface area contributed by atoms with Crippen molar-refractivity contribution < 1.29 is 14.3 Å². The van der Waals surface area contributed by atoms with E-state index < -0.39 is 11.9 Å². The summed E-state index contributed by atoms with van der Waals surface area (Å²) in [5.41, 5.74) is 5.93. The van der Waals surface area contributed by atoms with Crippen LogP contribution in [0.15, 0.2) is 30.3 Å². The van der Waals surface area contributed by atoms with Crippen LogP contribution in [-0.2, 0) is 14.3 Å². The molecule has 1 amide bonds. The van der Waals surface area contributed by atoms with Gasteiger partial charge in [0.15, 0.2) is 6.61 Å². The van der Waals surface area contributed by atoms with Crippen LogP contribution in [0.1, 0.15) is 24.8 Å². The summed E-state index contributed by atoms with van der Waals surface area (Å²) in [4.78, 5) is 21.7. The quantitative estimate of drug-likeness (QED) is 0.760. The molecule has 86 valence electrons. The van der Waals surface area contributed by atoms with Crippen LogP contribution in [0.25, 0.3) is 0 Å². The summed E-state index contributed by atoms with van der Waals surface area (Å²) in [6.45, 7) is 1.58. The summed E-state index contributed by atoms with van der Waals surface area (Å²) in [7, 11) is 0. The van der Waals surface area contributed by atoms with Gasteiger partial charge < -0.3 is 10.5 Å². The van der Waals surface area contributed by atoms with Crippen LogP contribution in [0.2, 0.25) is 0 Å². The molecule has 0 aromatic heterocycles. The Balaban J connectivity index is 2.43. The van der Waals surface area contributed by atoms with E-state index in [1.807, 2.05) is 37.3 Å². The molecule has 4 nitrogen and oxygen atoms in total. The van der Waals surface area contributed by atoms with Gasteiger partial charge >= 0.3 is 5.97 Å². The minimum Gasteiger partial charge on any atom is -0.456 e. The Labute approximate surface area is 94.4 Å². The zero-order valence-corrected chi connectivity index (χ0v) is 9.18. The number of esters is 1. The fourth-order valence-corrected chi connectivity index (χ4v) is 1.36. The number of primary amides is 1. The second-order valence-corrected chi connectivity index (χ2v) is 3.64. The van der Waals surface area contributed by atoms with E-state index in [0.29, 0.717) is 0 Å². The molecule has 0 unspecified atom stereocenters. The fourth-order valence-electron chi connectivity index (χ4n) is 1.36. The van der Waals surface area contributed by atoms with Gasteiger partial charge in [0.1, 0.15) is 0 Å². The number of carbonyl (C=O) groups excluding carboxylic acids is 2. The number of ether oxygens (including phenoxy) is 1. The van der Waals surface area contributed by atoms with Crippen molar-refractivity contribution >= 4 is 11.9 Å². The van der Waals surface area contributed by atoms with Crippen LogP contribution < -0.4 is 5.73 Å². The zero-order chi connectivity index (χ0) is 12.0. The lowest BCUT2D eigenvalue weighted by Crippen LogP contribution is -2.21. The third-order valence-corrected chi connectivity index (χ3v) is 2.22. The van der Waals surface area contributed by atoms with Crippen LogP contribution in [0.5, 0.6) is 0 Å². The van der Waals surface area contributed by atoms with Crippen molar-refractivity contribution in [3.8, 4) is 0 Å². The molecular formula is C12H15NO3. The minimum atomic E-state index is -0.638. The predicted octanol–water partition coefficient (Wildman–Crippen LogP) is 1.21. The van der Waals surface area contributed by atoms with Crippen LogP contribution in [0.3, 0.4) is 0 Å². The van der Waals surface area contributed by atoms with Crippen molar-refractivity contribution in [2.45, 2.75) is 19.3 Å². The number of benzene rings is 1. The van der Waals surface area contributed by atoms with Gasteiger partial charge in [-0.1, -0.05) is 37.3 Å². The molecule has 0 bridgehead atoms. The van der Waals surface area contributed by atoms with Crippen molar-refractivity contribution in [3.05, 3.63) is 35.9 Å². The van der Waals surface area contributed by atoms with Gasteiger partial charge in [-0.15, -0.1) is 0 Å². The third-order valence-electron chi connectivity index (χ3n) is 2.22. The number of amides is 1. The van der Waals surface area contributed by atoms with Crippen LogP contribution >= 0.6 is 0 Å². The van der Waals surface area contributed by atoms with Crippen molar-refractivity contribution in [2.24, 2.45) is 5.73 Å². The molecule has 1 atom stereocenters. The summed E-state index contributed by atoms with van der Waals surface area (Å²) in [6.07, 6.45) is 0.247. The molecule has 0 heterocycles. The molecule has 1 rings (SSSR count). The third kappa shape index (κ3) is 4.13. The highest BCUT2D eigenvalue weighted by atomic mass is 16.5. The summed E-state index contributed by atoms with van der Waals surface area (Å²) >= 11 is 0. The Kier molecular flexibility index (Phi) is 4.51. The molecule has 0 fully saturated rings. The Hall–Kier alpha value is -1.84. The first kappa shape index (κ1) is 12.2. The lowest BCUT2D eigenvalue weighted by molar-refractivity contribution is -0.148. The highest BCUT2D eigenvalue weighted by Crippen LogP contribution is 2.18. The molecule has 0 radical (unpaired) electrons. The first-order valence-electron chi connectivity index (χ1n) is 5.08. The van der Waals surface area contributed by atoms with Crippen LogP contribution in [0, 0.1) is 0 Å². The van der Waals surface area contributed by atoms with Gasteiger partial charge in [0, 0.05) is 0 Å². The van der Waals surface area contributed by atoms with E-state index in [0.717, 1.165) is 5.56 Å². The van der Waals surface area contributed by atoms with Crippen molar-refractivity contribution in [1.82, 2.24) is 0 Å². The summed E-state index contributed by atoms with van der Waals surface area (Å²) in [5.74, 6) is -0.975. The Morgan fingerprint density at radius 3 is 2.50 bits per heavy atom. The van der Waals surface area contributed by atoms with Gasteiger partial charge in [-0.2, -0.15) is 0 Å². The molecule has 16 heavy (non-hydrogen) atoms. The average molecular weight is 221 g/mol. The Morgan fingerprint density at radius 1 is 1.31 bits per heavy atom. The lowest BCUT2D eigenvalue weighted by atomic mass is 9.98. The highest BCUT2D eigenvalue weighted by molar-refractivity contribution is 5.79. The molecule has 0 saturated heterocycles. The second-order valence-electron chi connectivity index (χ2n) is 3.64. The standard InChI is InChI=1S/C12H15NO3/c1-9(10-5-3-2-4-6-10)7-12(15)16-8-11(13)14/h2-6,9H,7-8H2,1H3,(H2,13,14)/t9-/m0/s1. The van der Waals surface area contributed by atoms with Gasteiger partial charge in [0.25, 0.3) is 5.91 Å². The number of hydrogen-bond acceptors (Lipinski definition) is 3. The number of hydrogen-bond donors (Lipinski definition) is 1. The fraction of sp³-hybridized carbons (Fsp3) is 0.333. The largest absolute Gasteiger partial charge is 0.456 e. The molecule has 0 saturated carbocycles. The van der Waals surface area contributed by atoms with Gasteiger partial charge in [-0.05, 0) is 11.5 Å². The molecule has 0 aliphatic carbocycles. The SMILES string of the molecule is C[C@@H](CC(=O)OCC(N)=O)c1ccccc1. The molecule has 0 aliphatic rings. The normalized spacial score (nSPS) is 11.8. The van der Waals surface area contributed by atoms with E-state index >= 15 is 0 Å². The molecule has 0 spiro atoms. The average Bonchev–Trinajstić information content (AvgIpc) is 2.27. The summed E-state index contributed by atoms with van der Waals surface area (Å²) in [5, 5.41) is 0. The summed E-state index contributed by atoms with van der Waals surface area (Å²) in [6, 6.07) is 9.65. The van der Waals surface area contributed by atoms with E-state index in [9.17, 15) is 9.59 Å². The molecule has 2 N–H and O–H groups in total. The minimum absolute atomic E-state index is 0.0709. The maximum absolute atomic E-state index is 11.3. The Morgan fingerprint density at radius 2 is 1.94 bits per heavy atom. The van der Waals surface area contributed by atoms with E-state index in [1.165, 1.54) is 0 Å². The maximum atomic E-state index is 11.3. The van der Waals surface area contributed by atoms with Crippen molar-refractivity contribution in [3.63, 3.8) is 0 Å². The monoisotopic (exact) mass is 221 g/mol. The molecule has 4 heteroatoms. The molecular weight excluding hydrogens is 206 g/mol. The van der Waals surface area contributed by atoms with Gasteiger partial charge in [-0.25, -0.2) is 0 Å². The number of nitrogens with two attached hydrogens (primary N) is 1. The van der Waals surface area contributed by atoms with Gasteiger partial charge in [0.05, 0.1) is 6.42 Å². The maximum Gasteiger partial charge on any atom is 0.306 e. The van der Waals surface area contributed by atoms with E-state index in [4.69, 9.17) is 5.73 Å². The van der Waals surface area contributed by atoms with Gasteiger partial charge in [0.2, 0.25) is 0 Å². The molecule has 1 aromatic rings. The van der Waals surface area contributed by atoms with E-state index in [2.05, 4.69) is 4.74 Å².